The highest BCUT2D eigenvalue weighted by atomic mass is 35.5. The van der Waals surface area contributed by atoms with E-state index in [4.69, 9.17) is 21.1 Å². The van der Waals surface area contributed by atoms with Crippen LogP contribution in [0.15, 0.2) is 12.1 Å². The Morgan fingerprint density at radius 1 is 1.27 bits per heavy atom. The lowest BCUT2D eigenvalue weighted by Crippen LogP contribution is -2.48. The molecule has 0 radical (unpaired) electrons. The number of aryl methyl sites for hydroxylation is 2. The molecule has 22 heavy (non-hydrogen) atoms. The Bertz CT molecular complexity index is 476. The van der Waals surface area contributed by atoms with Gasteiger partial charge in [-0.2, -0.15) is 0 Å². The zero-order chi connectivity index (χ0) is 16.3. The van der Waals surface area contributed by atoms with Crippen molar-refractivity contribution in [2.45, 2.75) is 46.0 Å². The molecule has 0 saturated carbocycles. The van der Waals surface area contributed by atoms with Crippen molar-refractivity contribution in [3.05, 3.63) is 28.3 Å². The van der Waals surface area contributed by atoms with Gasteiger partial charge in [0.2, 0.25) is 0 Å². The predicted octanol–water partition coefficient (Wildman–Crippen LogP) is 2.81. The number of hydrogen-bond acceptors (Lipinski definition) is 4. The number of hydrogen-bond donors (Lipinski definition) is 1. The Balaban J connectivity index is 1.84. The van der Waals surface area contributed by atoms with Crippen LogP contribution in [0.5, 0.6) is 5.75 Å². The molecule has 1 heterocycles. The van der Waals surface area contributed by atoms with Crippen molar-refractivity contribution in [3.63, 3.8) is 0 Å². The van der Waals surface area contributed by atoms with Gasteiger partial charge in [-0.25, -0.2) is 0 Å². The average Bonchev–Trinajstić information content (AvgIpc) is 2.41. The summed E-state index contributed by atoms with van der Waals surface area (Å²) in [4.78, 5) is 2.23. The molecule has 0 amide bonds. The molecule has 1 aliphatic rings. The van der Waals surface area contributed by atoms with Crippen LogP contribution in [0.4, 0.5) is 0 Å². The molecule has 124 valence electrons. The van der Waals surface area contributed by atoms with Gasteiger partial charge in [-0.1, -0.05) is 11.6 Å². The fraction of sp³-hybridized carbons (Fsp3) is 0.647. The van der Waals surface area contributed by atoms with Gasteiger partial charge < -0.3 is 14.6 Å². The molecule has 0 spiro atoms. The Morgan fingerprint density at radius 2 is 1.82 bits per heavy atom. The first-order valence-corrected chi connectivity index (χ1v) is 8.18. The molecule has 5 heteroatoms. The van der Waals surface area contributed by atoms with E-state index >= 15 is 0 Å². The molecule has 1 N–H and O–H groups in total. The molecule has 1 fully saturated rings. The van der Waals surface area contributed by atoms with Crippen LogP contribution in [-0.2, 0) is 4.74 Å². The maximum atomic E-state index is 10.2. The molecule has 1 aromatic carbocycles. The van der Waals surface area contributed by atoms with E-state index in [0.717, 1.165) is 35.0 Å². The summed E-state index contributed by atoms with van der Waals surface area (Å²) in [5, 5.41) is 11.0. The van der Waals surface area contributed by atoms with Crippen LogP contribution in [0.25, 0.3) is 0 Å². The summed E-state index contributed by atoms with van der Waals surface area (Å²) >= 11 is 6.15. The number of nitrogens with zero attached hydrogens (tertiary/aromatic N) is 1. The molecule has 1 aliphatic heterocycles. The van der Waals surface area contributed by atoms with Crippen molar-refractivity contribution in [2.75, 3.05) is 26.2 Å². The molecule has 0 unspecified atom stereocenters. The van der Waals surface area contributed by atoms with Gasteiger partial charge in [0.1, 0.15) is 18.5 Å². The predicted molar refractivity (Wildman–Crippen MR) is 88.9 cm³/mol. The van der Waals surface area contributed by atoms with Crippen molar-refractivity contribution in [2.24, 2.45) is 0 Å². The second-order valence-corrected chi connectivity index (χ2v) is 6.69. The summed E-state index contributed by atoms with van der Waals surface area (Å²) in [5.74, 6) is 0.752. The van der Waals surface area contributed by atoms with E-state index in [1.54, 1.807) is 0 Å². The highest BCUT2D eigenvalue weighted by molar-refractivity contribution is 6.32. The van der Waals surface area contributed by atoms with Gasteiger partial charge in [0.05, 0.1) is 12.2 Å². The zero-order valence-electron chi connectivity index (χ0n) is 13.8. The van der Waals surface area contributed by atoms with E-state index in [1.165, 1.54) is 0 Å². The minimum absolute atomic E-state index is 0.207. The minimum atomic E-state index is -0.520. The number of morpholine rings is 1. The van der Waals surface area contributed by atoms with Crippen LogP contribution in [0, 0.1) is 13.8 Å². The molecule has 0 aromatic heterocycles. The number of benzene rings is 1. The average molecular weight is 328 g/mol. The van der Waals surface area contributed by atoms with Gasteiger partial charge in [0, 0.05) is 24.7 Å². The summed E-state index contributed by atoms with van der Waals surface area (Å²) < 4.78 is 11.4. The van der Waals surface area contributed by atoms with Crippen LogP contribution in [0.3, 0.4) is 0 Å². The van der Waals surface area contributed by atoms with E-state index in [-0.39, 0.29) is 18.8 Å². The molecule has 4 nitrogen and oxygen atoms in total. The van der Waals surface area contributed by atoms with Crippen molar-refractivity contribution in [3.8, 4) is 5.75 Å². The van der Waals surface area contributed by atoms with Crippen LogP contribution < -0.4 is 4.74 Å². The van der Waals surface area contributed by atoms with Gasteiger partial charge in [0.25, 0.3) is 0 Å². The Morgan fingerprint density at radius 3 is 2.36 bits per heavy atom. The first-order chi connectivity index (χ1) is 10.3. The molecular weight excluding hydrogens is 302 g/mol. The summed E-state index contributed by atoms with van der Waals surface area (Å²) in [6.07, 6.45) is -0.106. The third kappa shape index (κ3) is 4.85. The van der Waals surface area contributed by atoms with Gasteiger partial charge in [-0.05, 0) is 51.0 Å². The number of halogens is 1. The van der Waals surface area contributed by atoms with Crippen LogP contribution in [0.1, 0.15) is 25.0 Å². The Hall–Kier alpha value is -0.810. The lowest BCUT2D eigenvalue weighted by atomic mass is 10.1. The molecule has 0 aliphatic carbocycles. The van der Waals surface area contributed by atoms with Crippen molar-refractivity contribution >= 4 is 11.6 Å². The molecule has 0 bridgehead atoms. The van der Waals surface area contributed by atoms with Crippen LogP contribution in [-0.4, -0.2) is 54.6 Å². The second kappa shape index (κ2) is 7.64. The highest BCUT2D eigenvalue weighted by Crippen LogP contribution is 2.26. The van der Waals surface area contributed by atoms with Gasteiger partial charge >= 0.3 is 0 Å². The number of rotatable bonds is 5. The quantitative estimate of drug-likeness (QED) is 0.903. The summed E-state index contributed by atoms with van der Waals surface area (Å²) in [5.41, 5.74) is 1.98. The molecular formula is C17H26ClNO3. The topological polar surface area (TPSA) is 41.9 Å². The number of ether oxygens (including phenoxy) is 2. The second-order valence-electron chi connectivity index (χ2n) is 6.31. The highest BCUT2D eigenvalue weighted by Gasteiger charge is 2.23. The maximum Gasteiger partial charge on any atom is 0.120 e. The lowest BCUT2D eigenvalue weighted by Gasteiger charge is -2.36. The third-order valence-electron chi connectivity index (χ3n) is 3.82. The largest absolute Gasteiger partial charge is 0.491 e. The fourth-order valence-electron chi connectivity index (χ4n) is 2.97. The van der Waals surface area contributed by atoms with Gasteiger partial charge in [-0.3, -0.25) is 4.90 Å². The summed E-state index contributed by atoms with van der Waals surface area (Å²) in [6.45, 7) is 10.6. The third-order valence-corrected chi connectivity index (χ3v) is 4.41. The lowest BCUT2D eigenvalue weighted by molar-refractivity contribution is -0.0786. The van der Waals surface area contributed by atoms with Crippen LogP contribution in [0.2, 0.25) is 5.02 Å². The van der Waals surface area contributed by atoms with E-state index in [1.807, 2.05) is 26.0 Å². The van der Waals surface area contributed by atoms with E-state index in [9.17, 15) is 5.11 Å². The minimum Gasteiger partial charge on any atom is -0.491 e. The SMILES string of the molecule is Cc1cc(OC[C@H](O)CN2C[C@@H](C)O[C@@H](C)C2)cc(C)c1Cl. The smallest absolute Gasteiger partial charge is 0.120 e. The number of β-amino-alcohol motifs (C(OH)–C–C–N with tert-alkyl or cyclic N) is 1. The number of aliphatic hydroxyl groups excluding tert-OH is 1. The van der Waals surface area contributed by atoms with E-state index in [0.29, 0.717) is 6.54 Å². The van der Waals surface area contributed by atoms with E-state index in [2.05, 4.69) is 18.7 Å². The molecule has 1 saturated heterocycles. The van der Waals surface area contributed by atoms with Crippen molar-refractivity contribution in [1.29, 1.82) is 0 Å². The first-order valence-electron chi connectivity index (χ1n) is 7.80. The first kappa shape index (κ1) is 17.5. The maximum absolute atomic E-state index is 10.2. The fourth-order valence-corrected chi connectivity index (χ4v) is 3.08. The van der Waals surface area contributed by atoms with Crippen molar-refractivity contribution < 1.29 is 14.6 Å². The Kier molecular flexibility index (Phi) is 6.09. The monoisotopic (exact) mass is 327 g/mol. The van der Waals surface area contributed by atoms with Crippen LogP contribution >= 0.6 is 11.6 Å². The molecule has 1 aromatic rings. The molecule has 2 rings (SSSR count). The molecule has 3 atom stereocenters. The zero-order valence-corrected chi connectivity index (χ0v) is 14.6. The Labute approximate surface area is 138 Å². The van der Waals surface area contributed by atoms with Gasteiger partial charge in [-0.15, -0.1) is 0 Å². The van der Waals surface area contributed by atoms with Crippen molar-refractivity contribution in [1.82, 2.24) is 4.90 Å². The summed E-state index contributed by atoms with van der Waals surface area (Å²) in [7, 11) is 0. The number of aliphatic hydroxyl groups is 1. The van der Waals surface area contributed by atoms with Gasteiger partial charge in [0.15, 0.2) is 0 Å². The van der Waals surface area contributed by atoms with E-state index < -0.39 is 6.10 Å². The summed E-state index contributed by atoms with van der Waals surface area (Å²) in [6, 6.07) is 3.81. The normalized spacial score (nSPS) is 24.3. The standard InChI is InChI=1S/C17H26ClNO3/c1-11-5-16(6-12(2)17(11)18)21-10-15(20)9-19-7-13(3)22-14(4)8-19/h5-6,13-15,20H,7-10H2,1-4H3/t13-,14+,15-/m1/s1.